The Morgan fingerprint density at radius 2 is 2.38 bits per heavy atom. The van der Waals surface area contributed by atoms with Gasteiger partial charge in [-0.2, -0.15) is 0 Å². The van der Waals surface area contributed by atoms with Crippen LogP contribution in [0.2, 0.25) is 0 Å². The van der Waals surface area contributed by atoms with Gasteiger partial charge in [0.1, 0.15) is 6.20 Å². The average molecular weight is 262 g/mol. The molecular weight excluding hydrogens is 250 g/mol. The molecule has 0 spiro atoms. The quantitative estimate of drug-likeness (QED) is 0.665. The van der Waals surface area contributed by atoms with Crippen molar-refractivity contribution in [2.24, 2.45) is 0 Å². The van der Waals surface area contributed by atoms with E-state index >= 15 is 0 Å². The van der Waals surface area contributed by atoms with E-state index in [9.17, 15) is 10.1 Å². The Morgan fingerprint density at radius 1 is 1.56 bits per heavy atom. The SMILES string of the molecule is Cl.O=[N+]([O-])c1ccc(S[C@@H]2CCNC2)nc1. The Labute approximate surface area is 104 Å². The van der Waals surface area contributed by atoms with Crippen LogP contribution >= 0.6 is 24.2 Å². The molecule has 1 aliphatic rings. The predicted octanol–water partition coefficient (Wildman–Crippen LogP) is 1.87. The molecule has 0 saturated carbocycles. The first kappa shape index (κ1) is 13.2. The van der Waals surface area contributed by atoms with Crippen molar-refractivity contribution in [1.29, 1.82) is 0 Å². The Balaban J connectivity index is 0.00000128. The summed E-state index contributed by atoms with van der Waals surface area (Å²) in [7, 11) is 0. The molecule has 0 aromatic carbocycles. The smallest absolute Gasteiger partial charge is 0.287 e. The molecule has 2 heterocycles. The minimum atomic E-state index is -0.432. The maximum absolute atomic E-state index is 10.4. The number of aromatic nitrogens is 1. The van der Waals surface area contributed by atoms with Crippen LogP contribution in [0.1, 0.15) is 6.42 Å². The summed E-state index contributed by atoms with van der Waals surface area (Å²) >= 11 is 1.68. The van der Waals surface area contributed by atoms with Gasteiger partial charge in [0, 0.05) is 17.9 Å². The zero-order chi connectivity index (χ0) is 10.7. The number of halogens is 1. The number of hydrogen-bond donors (Lipinski definition) is 1. The van der Waals surface area contributed by atoms with E-state index < -0.39 is 4.92 Å². The van der Waals surface area contributed by atoms with Gasteiger partial charge in [0.2, 0.25) is 0 Å². The molecule has 0 bridgehead atoms. The molecule has 1 fully saturated rings. The molecule has 0 unspecified atom stereocenters. The molecule has 0 amide bonds. The fraction of sp³-hybridized carbons (Fsp3) is 0.444. The number of rotatable bonds is 3. The van der Waals surface area contributed by atoms with Crippen LogP contribution in [0.3, 0.4) is 0 Å². The van der Waals surface area contributed by atoms with Crippen LogP contribution in [0.25, 0.3) is 0 Å². The van der Waals surface area contributed by atoms with Crippen LogP contribution in [0.5, 0.6) is 0 Å². The first-order chi connectivity index (χ1) is 7.25. The summed E-state index contributed by atoms with van der Waals surface area (Å²) in [6.45, 7) is 2.04. The predicted molar refractivity (Wildman–Crippen MR) is 65.3 cm³/mol. The molecule has 1 aromatic heterocycles. The lowest BCUT2D eigenvalue weighted by Crippen LogP contribution is -2.10. The molecule has 2 rings (SSSR count). The number of nitrogens with zero attached hydrogens (tertiary/aromatic N) is 2. The van der Waals surface area contributed by atoms with E-state index in [4.69, 9.17) is 0 Å². The average Bonchev–Trinajstić information content (AvgIpc) is 2.71. The second kappa shape index (κ2) is 6.03. The van der Waals surface area contributed by atoms with E-state index in [0.717, 1.165) is 24.5 Å². The first-order valence-corrected chi connectivity index (χ1v) is 5.61. The fourth-order valence-corrected chi connectivity index (χ4v) is 2.49. The van der Waals surface area contributed by atoms with Crippen LogP contribution in [-0.2, 0) is 0 Å². The van der Waals surface area contributed by atoms with Gasteiger partial charge in [-0.1, -0.05) is 0 Å². The van der Waals surface area contributed by atoms with Crippen LogP contribution in [0.4, 0.5) is 5.69 Å². The Hall–Kier alpha value is -0.850. The zero-order valence-electron chi connectivity index (χ0n) is 8.46. The van der Waals surface area contributed by atoms with Crippen LogP contribution < -0.4 is 5.32 Å². The molecule has 1 saturated heterocycles. The van der Waals surface area contributed by atoms with Crippen LogP contribution in [-0.4, -0.2) is 28.2 Å². The van der Waals surface area contributed by atoms with Crippen molar-refractivity contribution < 1.29 is 4.92 Å². The molecule has 5 nitrogen and oxygen atoms in total. The highest BCUT2D eigenvalue weighted by Crippen LogP contribution is 2.26. The molecule has 7 heteroatoms. The molecule has 1 aliphatic heterocycles. The highest BCUT2D eigenvalue weighted by atomic mass is 35.5. The fourth-order valence-electron chi connectivity index (χ4n) is 1.45. The van der Waals surface area contributed by atoms with Gasteiger partial charge in [0.15, 0.2) is 0 Å². The monoisotopic (exact) mass is 261 g/mol. The molecule has 0 aliphatic carbocycles. The first-order valence-electron chi connectivity index (χ1n) is 4.73. The van der Waals surface area contributed by atoms with Crippen LogP contribution in [0, 0.1) is 10.1 Å². The van der Waals surface area contributed by atoms with Crippen molar-refractivity contribution in [3.8, 4) is 0 Å². The van der Waals surface area contributed by atoms with Gasteiger partial charge in [-0.15, -0.1) is 24.2 Å². The summed E-state index contributed by atoms with van der Waals surface area (Å²) in [4.78, 5) is 14.0. The van der Waals surface area contributed by atoms with Gasteiger partial charge in [-0.25, -0.2) is 4.98 Å². The van der Waals surface area contributed by atoms with Crippen molar-refractivity contribution in [3.05, 3.63) is 28.4 Å². The third-order valence-electron chi connectivity index (χ3n) is 2.23. The lowest BCUT2D eigenvalue weighted by molar-refractivity contribution is -0.385. The van der Waals surface area contributed by atoms with Crippen molar-refractivity contribution in [2.45, 2.75) is 16.7 Å². The van der Waals surface area contributed by atoms with Gasteiger partial charge >= 0.3 is 0 Å². The highest BCUT2D eigenvalue weighted by Gasteiger charge is 2.16. The third kappa shape index (κ3) is 3.33. The second-order valence-electron chi connectivity index (χ2n) is 3.34. The number of hydrogen-bond acceptors (Lipinski definition) is 5. The maximum Gasteiger partial charge on any atom is 0.287 e. The molecule has 1 aromatic rings. The summed E-state index contributed by atoms with van der Waals surface area (Å²) in [5.41, 5.74) is 0.0453. The Morgan fingerprint density at radius 3 is 2.88 bits per heavy atom. The van der Waals surface area contributed by atoms with Crippen LogP contribution in [0.15, 0.2) is 23.4 Å². The van der Waals surface area contributed by atoms with Crippen molar-refractivity contribution >= 4 is 29.9 Å². The number of pyridine rings is 1. The van der Waals surface area contributed by atoms with E-state index in [0.29, 0.717) is 5.25 Å². The topological polar surface area (TPSA) is 68.1 Å². The Kier molecular flexibility index (Phi) is 4.98. The van der Waals surface area contributed by atoms with Crippen molar-refractivity contribution in [1.82, 2.24) is 10.3 Å². The van der Waals surface area contributed by atoms with E-state index in [2.05, 4.69) is 10.3 Å². The van der Waals surface area contributed by atoms with Gasteiger partial charge in [0.25, 0.3) is 5.69 Å². The summed E-state index contributed by atoms with van der Waals surface area (Å²) in [6.07, 6.45) is 2.44. The molecule has 16 heavy (non-hydrogen) atoms. The minimum Gasteiger partial charge on any atom is -0.316 e. The van der Waals surface area contributed by atoms with E-state index in [-0.39, 0.29) is 18.1 Å². The van der Waals surface area contributed by atoms with Crippen molar-refractivity contribution in [3.63, 3.8) is 0 Å². The van der Waals surface area contributed by atoms with Crippen molar-refractivity contribution in [2.75, 3.05) is 13.1 Å². The van der Waals surface area contributed by atoms with E-state index in [1.54, 1.807) is 17.8 Å². The summed E-state index contributed by atoms with van der Waals surface area (Å²) in [6, 6.07) is 3.21. The van der Waals surface area contributed by atoms with Gasteiger partial charge in [0.05, 0.1) is 9.95 Å². The normalized spacial score (nSPS) is 19.1. The van der Waals surface area contributed by atoms with Gasteiger partial charge in [-0.3, -0.25) is 10.1 Å². The molecule has 1 N–H and O–H groups in total. The number of nitro groups is 1. The molecule has 88 valence electrons. The van der Waals surface area contributed by atoms with Gasteiger partial charge < -0.3 is 5.32 Å². The lowest BCUT2D eigenvalue weighted by Gasteiger charge is -2.05. The largest absolute Gasteiger partial charge is 0.316 e. The molecule has 0 radical (unpaired) electrons. The number of nitrogens with one attached hydrogen (secondary N) is 1. The molecular formula is C9H12ClN3O2S. The summed E-state index contributed by atoms with van der Waals surface area (Å²) < 4.78 is 0. The standard InChI is InChI=1S/C9H11N3O2S.ClH/c13-12(14)7-1-2-9(11-5-7)15-8-3-4-10-6-8;/h1-2,5,8,10H,3-4,6H2;1H/t8-;/m1./s1. The third-order valence-corrected chi connectivity index (χ3v) is 3.45. The zero-order valence-corrected chi connectivity index (χ0v) is 10.1. The second-order valence-corrected chi connectivity index (χ2v) is 4.67. The molecule has 1 atom stereocenters. The van der Waals surface area contributed by atoms with Gasteiger partial charge in [-0.05, 0) is 19.0 Å². The highest BCUT2D eigenvalue weighted by molar-refractivity contribution is 7.99. The number of thioether (sulfide) groups is 1. The maximum atomic E-state index is 10.4. The lowest BCUT2D eigenvalue weighted by atomic mass is 10.4. The Bertz CT molecular complexity index is 354. The van der Waals surface area contributed by atoms with E-state index in [1.165, 1.54) is 12.3 Å². The summed E-state index contributed by atoms with van der Waals surface area (Å²) in [5.74, 6) is 0. The minimum absolute atomic E-state index is 0. The summed E-state index contributed by atoms with van der Waals surface area (Å²) in [5, 5.41) is 15.1. The van der Waals surface area contributed by atoms with E-state index in [1.807, 2.05) is 0 Å².